The van der Waals surface area contributed by atoms with E-state index in [1.807, 2.05) is 10.3 Å². The fourth-order valence-electron chi connectivity index (χ4n) is 3.74. The van der Waals surface area contributed by atoms with Gasteiger partial charge in [-0.25, -0.2) is 14.4 Å². The molecule has 0 saturated heterocycles. The van der Waals surface area contributed by atoms with Gasteiger partial charge in [-0.3, -0.25) is 4.79 Å². The lowest BCUT2D eigenvalue weighted by Crippen LogP contribution is -2.40. The van der Waals surface area contributed by atoms with Gasteiger partial charge >= 0.3 is 0 Å². The smallest absolute Gasteiger partial charge is 0.223 e. The molecule has 0 saturated carbocycles. The maximum absolute atomic E-state index is 13.6. The van der Waals surface area contributed by atoms with Crippen LogP contribution < -0.4 is 0 Å². The van der Waals surface area contributed by atoms with Crippen molar-refractivity contribution in [2.24, 2.45) is 0 Å². The first-order chi connectivity index (χ1) is 13.7. The van der Waals surface area contributed by atoms with Crippen LogP contribution in [-0.4, -0.2) is 32.3 Å². The topological polar surface area (TPSA) is 75.0 Å². The Morgan fingerprint density at radius 1 is 1.36 bits per heavy atom. The van der Waals surface area contributed by atoms with E-state index in [9.17, 15) is 9.18 Å². The molecule has 0 radical (unpaired) electrons. The van der Waals surface area contributed by atoms with Crippen molar-refractivity contribution in [2.45, 2.75) is 25.3 Å². The number of benzene rings is 1. The molecular weight excluding hydrogens is 379 g/mol. The molecule has 142 valence electrons. The Labute approximate surface area is 164 Å². The van der Waals surface area contributed by atoms with E-state index < -0.39 is 6.04 Å². The van der Waals surface area contributed by atoms with Gasteiger partial charge in [0.25, 0.3) is 0 Å². The fourth-order valence-corrected chi connectivity index (χ4v) is 4.36. The van der Waals surface area contributed by atoms with Gasteiger partial charge in [0.05, 0.1) is 17.0 Å². The van der Waals surface area contributed by atoms with Gasteiger partial charge in [-0.2, -0.15) is 0 Å². The quantitative estimate of drug-likeness (QED) is 0.568. The standard InChI is InChI=1S/C20H17FN4O2S/c21-13-1-2-15-12(9-13)10-16(27-15)20-19-14(23-11-24-19)5-7-25(20)18(26)4-3-17-22-6-8-28-17/h1-2,6,8-11,20H,3-5,7H2,(H,23,24)/t20-/m1/s1. The summed E-state index contributed by atoms with van der Waals surface area (Å²) in [4.78, 5) is 26.7. The zero-order valence-corrected chi connectivity index (χ0v) is 15.7. The number of halogens is 1. The Balaban J connectivity index is 1.49. The van der Waals surface area contributed by atoms with Crippen LogP contribution in [0.2, 0.25) is 0 Å². The number of aromatic nitrogens is 3. The van der Waals surface area contributed by atoms with Gasteiger partial charge < -0.3 is 14.3 Å². The molecule has 28 heavy (non-hydrogen) atoms. The number of fused-ring (bicyclic) bond motifs is 2. The predicted octanol–water partition coefficient (Wildman–Crippen LogP) is 3.86. The maximum Gasteiger partial charge on any atom is 0.223 e. The molecule has 4 heterocycles. The Morgan fingerprint density at radius 2 is 2.29 bits per heavy atom. The molecule has 1 aromatic carbocycles. The summed E-state index contributed by atoms with van der Waals surface area (Å²) < 4.78 is 19.6. The van der Waals surface area contributed by atoms with Gasteiger partial charge in [-0.15, -0.1) is 11.3 Å². The van der Waals surface area contributed by atoms with Crippen molar-refractivity contribution in [1.29, 1.82) is 0 Å². The van der Waals surface area contributed by atoms with Gasteiger partial charge in [0, 0.05) is 48.5 Å². The Bertz CT molecular complexity index is 1130. The Hall–Kier alpha value is -3.00. The van der Waals surface area contributed by atoms with Crippen molar-refractivity contribution in [3.63, 3.8) is 0 Å². The summed E-state index contributed by atoms with van der Waals surface area (Å²) in [5.74, 6) is 0.303. The third-order valence-corrected chi connectivity index (χ3v) is 5.89. The highest BCUT2D eigenvalue weighted by Gasteiger charge is 2.36. The van der Waals surface area contributed by atoms with Crippen LogP contribution in [0, 0.1) is 5.82 Å². The zero-order chi connectivity index (χ0) is 19.1. The largest absolute Gasteiger partial charge is 0.458 e. The van der Waals surface area contributed by atoms with E-state index in [4.69, 9.17) is 4.42 Å². The second-order valence-corrected chi connectivity index (χ2v) is 7.74. The summed E-state index contributed by atoms with van der Waals surface area (Å²) in [6, 6.07) is 5.79. The molecule has 4 aromatic rings. The van der Waals surface area contributed by atoms with Crippen LogP contribution in [0.5, 0.6) is 0 Å². The average molecular weight is 396 g/mol. The highest BCUT2D eigenvalue weighted by atomic mass is 32.1. The number of amides is 1. The van der Waals surface area contributed by atoms with E-state index in [0.717, 1.165) is 16.4 Å². The number of H-pyrrole nitrogens is 1. The van der Waals surface area contributed by atoms with Gasteiger partial charge in [0.1, 0.15) is 23.2 Å². The average Bonchev–Trinajstić information content (AvgIpc) is 3.44. The van der Waals surface area contributed by atoms with E-state index in [-0.39, 0.29) is 11.7 Å². The number of furan rings is 1. The molecule has 1 aliphatic heterocycles. The number of nitrogens with zero attached hydrogens (tertiary/aromatic N) is 3. The first-order valence-corrected chi connectivity index (χ1v) is 9.96. The first-order valence-electron chi connectivity index (χ1n) is 9.08. The number of carbonyl (C=O) groups is 1. The summed E-state index contributed by atoms with van der Waals surface area (Å²) in [6.45, 7) is 0.571. The normalized spacial score (nSPS) is 16.5. The van der Waals surface area contributed by atoms with Crippen LogP contribution in [0.15, 0.2) is 46.6 Å². The van der Waals surface area contributed by atoms with Crippen LogP contribution in [0.4, 0.5) is 4.39 Å². The number of rotatable bonds is 4. The molecule has 6 nitrogen and oxygen atoms in total. The minimum absolute atomic E-state index is 0.0282. The molecule has 0 unspecified atom stereocenters. The third kappa shape index (κ3) is 2.99. The number of thiazole rings is 1. The van der Waals surface area contributed by atoms with Crippen molar-refractivity contribution in [3.05, 3.63) is 70.1 Å². The van der Waals surface area contributed by atoms with E-state index in [0.29, 0.717) is 42.5 Å². The number of carbonyl (C=O) groups excluding carboxylic acids is 1. The van der Waals surface area contributed by atoms with Crippen molar-refractivity contribution in [2.75, 3.05) is 6.54 Å². The maximum atomic E-state index is 13.6. The molecule has 5 rings (SSSR count). The van der Waals surface area contributed by atoms with Crippen LogP contribution >= 0.6 is 11.3 Å². The van der Waals surface area contributed by atoms with Crippen molar-refractivity contribution in [3.8, 4) is 0 Å². The number of aromatic amines is 1. The summed E-state index contributed by atoms with van der Waals surface area (Å²) >= 11 is 1.55. The second-order valence-electron chi connectivity index (χ2n) is 6.76. The third-order valence-electron chi connectivity index (χ3n) is 5.05. The molecule has 0 spiro atoms. The minimum Gasteiger partial charge on any atom is -0.458 e. The van der Waals surface area contributed by atoms with Crippen molar-refractivity contribution in [1.82, 2.24) is 19.9 Å². The monoisotopic (exact) mass is 396 g/mol. The van der Waals surface area contributed by atoms with Gasteiger partial charge in [-0.05, 0) is 24.3 Å². The Kier molecular flexibility index (Phi) is 4.20. The van der Waals surface area contributed by atoms with Gasteiger partial charge in [0.15, 0.2) is 0 Å². The summed E-state index contributed by atoms with van der Waals surface area (Å²) in [5, 5.41) is 3.53. The Morgan fingerprint density at radius 3 is 3.14 bits per heavy atom. The van der Waals surface area contributed by atoms with Crippen molar-refractivity contribution < 1.29 is 13.6 Å². The SMILES string of the molecule is O=C(CCc1nccs1)N1CCc2[nH]cnc2[C@H]1c1cc2cc(F)ccc2o1. The van der Waals surface area contributed by atoms with E-state index >= 15 is 0 Å². The molecule has 3 aromatic heterocycles. The van der Waals surface area contributed by atoms with E-state index in [1.165, 1.54) is 12.1 Å². The molecule has 1 amide bonds. The lowest BCUT2D eigenvalue weighted by molar-refractivity contribution is -0.133. The molecule has 0 bridgehead atoms. The number of hydrogen-bond donors (Lipinski definition) is 1. The first kappa shape index (κ1) is 17.1. The van der Waals surface area contributed by atoms with E-state index in [2.05, 4.69) is 15.0 Å². The second kappa shape index (κ2) is 6.87. The van der Waals surface area contributed by atoms with Gasteiger partial charge in [0.2, 0.25) is 5.91 Å². The number of hydrogen-bond acceptors (Lipinski definition) is 5. The van der Waals surface area contributed by atoms with Gasteiger partial charge in [-0.1, -0.05) is 0 Å². The molecule has 0 aliphatic carbocycles. The summed E-state index contributed by atoms with van der Waals surface area (Å²) in [5.41, 5.74) is 2.38. The number of aryl methyl sites for hydroxylation is 1. The highest BCUT2D eigenvalue weighted by Crippen LogP contribution is 2.36. The lowest BCUT2D eigenvalue weighted by Gasteiger charge is -2.33. The fraction of sp³-hybridized carbons (Fsp3) is 0.250. The molecule has 8 heteroatoms. The molecule has 0 fully saturated rings. The van der Waals surface area contributed by atoms with Crippen LogP contribution in [-0.2, 0) is 17.6 Å². The lowest BCUT2D eigenvalue weighted by atomic mass is 9.99. The molecule has 1 atom stereocenters. The molecule has 1 aliphatic rings. The van der Waals surface area contributed by atoms with Crippen molar-refractivity contribution >= 4 is 28.2 Å². The minimum atomic E-state index is -0.422. The van der Waals surface area contributed by atoms with Crippen LogP contribution in [0.3, 0.4) is 0 Å². The molecule has 1 N–H and O–H groups in total. The van der Waals surface area contributed by atoms with E-state index in [1.54, 1.807) is 36.0 Å². The predicted molar refractivity (Wildman–Crippen MR) is 102 cm³/mol. The number of nitrogens with one attached hydrogen (secondary N) is 1. The number of imidazole rings is 1. The van der Waals surface area contributed by atoms with Crippen LogP contribution in [0.1, 0.15) is 34.6 Å². The summed E-state index contributed by atoms with van der Waals surface area (Å²) in [7, 11) is 0. The summed E-state index contributed by atoms with van der Waals surface area (Å²) in [6.07, 6.45) is 5.09. The van der Waals surface area contributed by atoms with Crippen LogP contribution in [0.25, 0.3) is 11.0 Å². The highest BCUT2D eigenvalue weighted by molar-refractivity contribution is 7.09. The zero-order valence-electron chi connectivity index (χ0n) is 14.9. The molecular formula is C20H17FN4O2S.